The van der Waals surface area contributed by atoms with Crippen molar-refractivity contribution in [3.8, 4) is 28.4 Å². The van der Waals surface area contributed by atoms with Crippen molar-refractivity contribution in [3.63, 3.8) is 0 Å². The molecule has 1 aliphatic rings. The summed E-state index contributed by atoms with van der Waals surface area (Å²) >= 11 is 0. The van der Waals surface area contributed by atoms with Gasteiger partial charge < -0.3 is 19.3 Å². The lowest BCUT2D eigenvalue weighted by Crippen LogP contribution is -2.24. The minimum absolute atomic E-state index is 0.0928. The SMILES string of the molecule is COC(=O)c1c(-c2ccc(OC3CCC3)cc2O)nn(-c2ccccc2)c1C(=O)OC. The molecule has 0 atom stereocenters. The molecule has 2 aromatic carbocycles. The average Bonchev–Trinajstić information content (AvgIpc) is 3.16. The zero-order valence-corrected chi connectivity index (χ0v) is 17.2. The van der Waals surface area contributed by atoms with Gasteiger partial charge in [0.25, 0.3) is 0 Å². The van der Waals surface area contributed by atoms with Crippen LogP contribution in [0.15, 0.2) is 48.5 Å². The van der Waals surface area contributed by atoms with Gasteiger partial charge in [-0.05, 0) is 43.5 Å². The van der Waals surface area contributed by atoms with Crippen LogP contribution in [0.2, 0.25) is 0 Å². The first-order valence-corrected chi connectivity index (χ1v) is 9.88. The number of methoxy groups -OCH3 is 2. The van der Waals surface area contributed by atoms with Gasteiger partial charge in [-0.2, -0.15) is 5.10 Å². The van der Waals surface area contributed by atoms with Gasteiger partial charge in [0.2, 0.25) is 0 Å². The number of aromatic nitrogens is 2. The van der Waals surface area contributed by atoms with Crippen molar-refractivity contribution < 1.29 is 28.9 Å². The smallest absolute Gasteiger partial charge is 0.357 e. The predicted molar refractivity (Wildman–Crippen MR) is 112 cm³/mol. The van der Waals surface area contributed by atoms with E-state index in [4.69, 9.17) is 14.2 Å². The molecular formula is C23H22N2O6. The number of nitrogens with zero attached hydrogens (tertiary/aromatic N) is 2. The van der Waals surface area contributed by atoms with Gasteiger partial charge in [-0.3, -0.25) is 0 Å². The van der Waals surface area contributed by atoms with E-state index in [2.05, 4.69) is 5.10 Å². The second-order valence-electron chi connectivity index (χ2n) is 7.15. The normalized spacial score (nSPS) is 13.4. The average molecular weight is 422 g/mol. The van der Waals surface area contributed by atoms with Crippen molar-refractivity contribution in [2.45, 2.75) is 25.4 Å². The van der Waals surface area contributed by atoms with Gasteiger partial charge in [-0.15, -0.1) is 0 Å². The minimum Gasteiger partial charge on any atom is -0.507 e. The zero-order valence-electron chi connectivity index (χ0n) is 17.2. The molecule has 4 rings (SSSR count). The van der Waals surface area contributed by atoms with Crippen LogP contribution in [0, 0.1) is 0 Å². The predicted octanol–water partition coefficient (Wildman–Crippen LogP) is 3.75. The second kappa shape index (κ2) is 8.51. The lowest BCUT2D eigenvalue weighted by molar-refractivity contribution is 0.0549. The lowest BCUT2D eigenvalue weighted by Gasteiger charge is -2.26. The molecule has 0 unspecified atom stereocenters. The summed E-state index contributed by atoms with van der Waals surface area (Å²) in [6.45, 7) is 0. The molecule has 8 nitrogen and oxygen atoms in total. The molecular weight excluding hydrogens is 400 g/mol. The van der Waals surface area contributed by atoms with E-state index in [0.717, 1.165) is 19.3 Å². The first kappa shape index (κ1) is 20.5. The fourth-order valence-electron chi connectivity index (χ4n) is 3.41. The van der Waals surface area contributed by atoms with Crippen molar-refractivity contribution in [2.24, 2.45) is 0 Å². The maximum atomic E-state index is 12.7. The molecule has 1 saturated carbocycles. The third-order valence-electron chi connectivity index (χ3n) is 5.23. The summed E-state index contributed by atoms with van der Waals surface area (Å²) < 4.78 is 17.0. The van der Waals surface area contributed by atoms with Crippen molar-refractivity contribution in [2.75, 3.05) is 14.2 Å². The summed E-state index contributed by atoms with van der Waals surface area (Å²) in [4.78, 5) is 25.3. The van der Waals surface area contributed by atoms with Gasteiger partial charge in [0.15, 0.2) is 5.69 Å². The number of benzene rings is 2. The van der Waals surface area contributed by atoms with Gasteiger partial charge in [0.05, 0.1) is 26.0 Å². The Kier molecular flexibility index (Phi) is 5.62. The molecule has 1 heterocycles. The molecule has 3 aromatic rings. The maximum Gasteiger partial charge on any atom is 0.357 e. The van der Waals surface area contributed by atoms with Crippen molar-refractivity contribution in [1.29, 1.82) is 0 Å². The molecule has 160 valence electrons. The highest BCUT2D eigenvalue weighted by Crippen LogP contribution is 2.37. The molecule has 0 saturated heterocycles. The third kappa shape index (κ3) is 3.84. The number of carbonyl (C=O) groups excluding carboxylic acids is 2. The Balaban J connectivity index is 1.88. The molecule has 1 fully saturated rings. The van der Waals surface area contributed by atoms with Crippen LogP contribution >= 0.6 is 0 Å². The Morgan fingerprint density at radius 2 is 1.74 bits per heavy atom. The first-order chi connectivity index (χ1) is 15.0. The Morgan fingerprint density at radius 3 is 2.32 bits per heavy atom. The fraction of sp³-hybridized carbons (Fsp3) is 0.261. The zero-order chi connectivity index (χ0) is 22.0. The molecule has 1 N–H and O–H groups in total. The monoisotopic (exact) mass is 422 g/mol. The van der Waals surface area contributed by atoms with E-state index in [1.54, 1.807) is 36.4 Å². The highest BCUT2D eigenvalue weighted by molar-refractivity contribution is 6.07. The van der Waals surface area contributed by atoms with E-state index in [0.29, 0.717) is 11.4 Å². The van der Waals surface area contributed by atoms with Gasteiger partial charge in [0, 0.05) is 11.6 Å². The molecule has 31 heavy (non-hydrogen) atoms. The lowest BCUT2D eigenvalue weighted by atomic mass is 9.96. The Bertz CT molecular complexity index is 1120. The number of para-hydroxylation sites is 1. The van der Waals surface area contributed by atoms with E-state index in [1.807, 2.05) is 6.07 Å². The maximum absolute atomic E-state index is 12.7. The third-order valence-corrected chi connectivity index (χ3v) is 5.23. The van der Waals surface area contributed by atoms with Crippen LogP contribution in [0.25, 0.3) is 16.9 Å². The van der Waals surface area contributed by atoms with Crippen molar-refractivity contribution in [3.05, 3.63) is 59.8 Å². The number of hydrogen-bond donors (Lipinski definition) is 1. The van der Waals surface area contributed by atoms with Gasteiger partial charge >= 0.3 is 11.9 Å². The van der Waals surface area contributed by atoms with E-state index in [-0.39, 0.29) is 34.4 Å². The highest BCUT2D eigenvalue weighted by Gasteiger charge is 2.32. The number of phenolic OH excluding ortho intramolecular Hbond substituents is 1. The summed E-state index contributed by atoms with van der Waals surface area (Å²) in [5.74, 6) is -1.13. The van der Waals surface area contributed by atoms with E-state index in [1.165, 1.54) is 25.0 Å². The molecule has 0 bridgehead atoms. The van der Waals surface area contributed by atoms with Gasteiger partial charge in [-0.25, -0.2) is 14.3 Å². The largest absolute Gasteiger partial charge is 0.507 e. The molecule has 0 radical (unpaired) electrons. The molecule has 8 heteroatoms. The molecule has 0 amide bonds. The van der Waals surface area contributed by atoms with Crippen LogP contribution in [0.4, 0.5) is 0 Å². The first-order valence-electron chi connectivity index (χ1n) is 9.88. The standard InChI is InChI=1S/C23H22N2O6/c1-29-22(27)19-20(17-12-11-16(13-18(17)26)31-15-9-6-10-15)24-25(21(19)23(28)30-2)14-7-4-3-5-8-14/h3-5,7-8,11-13,15,26H,6,9-10H2,1-2H3. The van der Waals surface area contributed by atoms with E-state index < -0.39 is 11.9 Å². The van der Waals surface area contributed by atoms with Crippen LogP contribution in [0.1, 0.15) is 40.1 Å². The Labute approximate surface area is 179 Å². The fourth-order valence-corrected chi connectivity index (χ4v) is 3.41. The summed E-state index contributed by atoms with van der Waals surface area (Å²) in [5.41, 5.74) is 0.722. The summed E-state index contributed by atoms with van der Waals surface area (Å²) in [6, 6.07) is 13.6. The summed E-state index contributed by atoms with van der Waals surface area (Å²) in [7, 11) is 2.43. The van der Waals surface area contributed by atoms with E-state index >= 15 is 0 Å². The van der Waals surface area contributed by atoms with Crippen LogP contribution in [-0.4, -0.2) is 47.1 Å². The van der Waals surface area contributed by atoms with Crippen LogP contribution < -0.4 is 4.74 Å². The van der Waals surface area contributed by atoms with Crippen molar-refractivity contribution in [1.82, 2.24) is 9.78 Å². The molecule has 0 spiro atoms. The number of aromatic hydroxyl groups is 1. The van der Waals surface area contributed by atoms with Gasteiger partial charge in [0.1, 0.15) is 22.8 Å². The minimum atomic E-state index is -0.772. The quantitative estimate of drug-likeness (QED) is 0.604. The van der Waals surface area contributed by atoms with Crippen molar-refractivity contribution >= 4 is 11.9 Å². The number of phenols is 1. The summed E-state index contributed by atoms with van der Waals surface area (Å²) in [5, 5.41) is 15.2. The van der Waals surface area contributed by atoms with Crippen LogP contribution in [0.3, 0.4) is 0 Å². The molecule has 0 aliphatic heterocycles. The number of rotatable bonds is 6. The summed E-state index contributed by atoms with van der Waals surface area (Å²) in [6.07, 6.45) is 3.25. The highest BCUT2D eigenvalue weighted by atomic mass is 16.5. The van der Waals surface area contributed by atoms with Crippen LogP contribution in [0.5, 0.6) is 11.5 Å². The number of esters is 2. The van der Waals surface area contributed by atoms with Crippen LogP contribution in [-0.2, 0) is 9.47 Å². The van der Waals surface area contributed by atoms with Gasteiger partial charge in [-0.1, -0.05) is 18.2 Å². The number of carbonyl (C=O) groups is 2. The number of ether oxygens (including phenoxy) is 3. The van der Waals surface area contributed by atoms with E-state index in [9.17, 15) is 14.7 Å². The Hall–Kier alpha value is -3.81. The molecule has 1 aromatic heterocycles. The Morgan fingerprint density at radius 1 is 1.03 bits per heavy atom. The molecule has 1 aliphatic carbocycles. The second-order valence-corrected chi connectivity index (χ2v) is 7.15. The number of hydrogen-bond acceptors (Lipinski definition) is 7. The topological polar surface area (TPSA) is 99.9 Å².